The van der Waals surface area contributed by atoms with E-state index in [1.807, 2.05) is 6.07 Å². The van der Waals surface area contributed by atoms with E-state index in [9.17, 15) is 9.59 Å². The van der Waals surface area contributed by atoms with Crippen LogP contribution in [0.2, 0.25) is 0 Å². The van der Waals surface area contributed by atoms with Crippen LogP contribution in [-0.2, 0) is 20.9 Å². The molecule has 2 amide bonds. The Morgan fingerprint density at radius 3 is 2.78 bits per heavy atom. The summed E-state index contributed by atoms with van der Waals surface area (Å²) in [6, 6.07) is 5.37. The van der Waals surface area contributed by atoms with Crippen molar-refractivity contribution in [1.29, 1.82) is 0 Å². The van der Waals surface area contributed by atoms with E-state index in [1.165, 1.54) is 14.0 Å². The Hall–Kier alpha value is -2.12. The average molecular weight is 321 g/mol. The Labute approximate surface area is 135 Å². The Morgan fingerprint density at radius 2 is 2.17 bits per heavy atom. The van der Waals surface area contributed by atoms with Gasteiger partial charge in [0.15, 0.2) is 0 Å². The first-order valence-corrected chi connectivity index (χ1v) is 7.61. The summed E-state index contributed by atoms with van der Waals surface area (Å²) in [6.45, 7) is 2.21. The SMILES string of the molecule is COc1ccc(CNC(=O)[C@@H]2CC[C@H](CN)O2)cc1NC(C)=O. The van der Waals surface area contributed by atoms with Gasteiger partial charge in [-0.2, -0.15) is 0 Å². The van der Waals surface area contributed by atoms with Gasteiger partial charge in [-0.15, -0.1) is 0 Å². The molecule has 0 aliphatic carbocycles. The number of hydrogen-bond acceptors (Lipinski definition) is 5. The van der Waals surface area contributed by atoms with Crippen molar-refractivity contribution in [3.63, 3.8) is 0 Å². The summed E-state index contributed by atoms with van der Waals surface area (Å²) >= 11 is 0. The van der Waals surface area contributed by atoms with Crippen LogP contribution < -0.4 is 21.1 Å². The molecule has 7 heteroatoms. The van der Waals surface area contributed by atoms with E-state index in [-0.39, 0.29) is 17.9 Å². The molecule has 0 spiro atoms. The van der Waals surface area contributed by atoms with Gasteiger partial charge in [0.25, 0.3) is 0 Å². The normalized spacial score (nSPS) is 20.1. The molecule has 4 N–H and O–H groups in total. The number of carbonyl (C=O) groups is 2. The summed E-state index contributed by atoms with van der Waals surface area (Å²) in [5.74, 6) is 0.245. The molecular formula is C16H23N3O4. The van der Waals surface area contributed by atoms with Crippen molar-refractivity contribution < 1.29 is 19.1 Å². The number of benzene rings is 1. The Kier molecular flexibility index (Phi) is 5.95. The van der Waals surface area contributed by atoms with Crippen LogP contribution in [0.25, 0.3) is 0 Å². The van der Waals surface area contributed by atoms with Crippen LogP contribution in [0.1, 0.15) is 25.3 Å². The van der Waals surface area contributed by atoms with Crippen molar-refractivity contribution in [3.05, 3.63) is 23.8 Å². The monoisotopic (exact) mass is 321 g/mol. The lowest BCUT2D eigenvalue weighted by Crippen LogP contribution is -2.35. The number of ether oxygens (including phenoxy) is 2. The quantitative estimate of drug-likeness (QED) is 0.718. The van der Waals surface area contributed by atoms with Crippen molar-refractivity contribution in [2.75, 3.05) is 19.0 Å². The average Bonchev–Trinajstić information content (AvgIpc) is 3.01. The summed E-state index contributed by atoms with van der Waals surface area (Å²) in [6.07, 6.45) is 1.03. The number of nitrogens with two attached hydrogens (primary N) is 1. The second-order valence-corrected chi connectivity index (χ2v) is 5.49. The lowest BCUT2D eigenvalue weighted by Gasteiger charge is -2.14. The van der Waals surface area contributed by atoms with Crippen LogP contribution in [0.5, 0.6) is 5.75 Å². The minimum Gasteiger partial charge on any atom is -0.495 e. The van der Waals surface area contributed by atoms with Crippen molar-refractivity contribution in [2.45, 2.75) is 38.5 Å². The number of rotatable bonds is 6. The Bertz CT molecular complexity index is 576. The van der Waals surface area contributed by atoms with Gasteiger partial charge in [0.1, 0.15) is 11.9 Å². The highest BCUT2D eigenvalue weighted by molar-refractivity contribution is 5.90. The summed E-state index contributed by atoms with van der Waals surface area (Å²) in [4.78, 5) is 23.3. The van der Waals surface area contributed by atoms with E-state index in [0.717, 1.165) is 12.0 Å². The lowest BCUT2D eigenvalue weighted by molar-refractivity contribution is -0.132. The van der Waals surface area contributed by atoms with Gasteiger partial charge in [0.2, 0.25) is 11.8 Å². The molecule has 23 heavy (non-hydrogen) atoms. The van der Waals surface area contributed by atoms with Crippen LogP contribution in [0.3, 0.4) is 0 Å². The molecule has 1 saturated heterocycles. The van der Waals surface area contributed by atoms with Gasteiger partial charge in [0, 0.05) is 20.0 Å². The first-order chi connectivity index (χ1) is 11.0. The number of hydrogen-bond donors (Lipinski definition) is 3. The molecule has 0 radical (unpaired) electrons. The fraction of sp³-hybridized carbons (Fsp3) is 0.500. The predicted molar refractivity (Wildman–Crippen MR) is 86.1 cm³/mol. The van der Waals surface area contributed by atoms with Crippen LogP contribution in [0, 0.1) is 0 Å². The molecule has 1 aliphatic heterocycles. The van der Waals surface area contributed by atoms with Gasteiger partial charge in [-0.05, 0) is 30.5 Å². The smallest absolute Gasteiger partial charge is 0.249 e. The summed E-state index contributed by atoms with van der Waals surface area (Å²) in [5, 5.41) is 5.55. The van der Waals surface area contributed by atoms with Crippen LogP contribution in [0.4, 0.5) is 5.69 Å². The third-order valence-electron chi connectivity index (χ3n) is 3.70. The van der Waals surface area contributed by atoms with Crippen LogP contribution in [-0.4, -0.2) is 37.7 Å². The van der Waals surface area contributed by atoms with Gasteiger partial charge < -0.3 is 25.8 Å². The van der Waals surface area contributed by atoms with Gasteiger partial charge in [-0.3, -0.25) is 9.59 Å². The third kappa shape index (κ3) is 4.67. The third-order valence-corrected chi connectivity index (χ3v) is 3.70. The zero-order valence-corrected chi connectivity index (χ0v) is 13.4. The highest BCUT2D eigenvalue weighted by Crippen LogP contribution is 2.25. The molecule has 1 aromatic rings. The van der Waals surface area contributed by atoms with Gasteiger partial charge >= 0.3 is 0 Å². The van der Waals surface area contributed by atoms with E-state index < -0.39 is 6.10 Å². The molecule has 1 aliphatic rings. The van der Waals surface area contributed by atoms with Gasteiger partial charge in [-0.25, -0.2) is 0 Å². The molecule has 2 rings (SSSR count). The van der Waals surface area contributed by atoms with E-state index in [4.69, 9.17) is 15.2 Å². The largest absolute Gasteiger partial charge is 0.495 e. The topological polar surface area (TPSA) is 103 Å². The second-order valence-electron chi connectivity index (χ2n) is 5.49. The first-order valence-electron chi connectivity index (χ1n) is 7.61. The Balaban J connectivity index is 1.95. The molecule has 2 atom stereocenters. The molecule has 1 heterocycles. The van der Waals surface area contributed by atoms with Crippen molar-refractivity contribution in [2.24, 2.45) is 5.73 Å². The maximum Gasteiger partial charge on any atom is 0.249 e. The lowest BCUT2D eigenvalue weighted by atomic mass is 10.1. The number of amides is 2. The Morgan fingerprint density at radius 1 is 1.39 bits per heavy atom. The molecule has 0 aromatic heterocycles. The molecule has 0 bridgehead atoms. The number of anilines is 1. The minimum absolute atomic E-state index is 0.0295. The zero-order chi connectivity index (χ0) is 16.8. The summed E-state index contributed by atoms with van der Waals surface area (Å²) in [7, 11) is 1.54. The summed E-state index contributed by atoms with van der Waals surface area (Å²) < 4.78 is 10.8. The van der Waals surface area contributed by atoms with Crippen LogP contribution >= 0.6 is 0 Å². The number of nitrogens with one attached hydrogen (secondary N) is 2. The second kappa shape index (κ2) is 7.94. The summed E-state index contributed by atoms with van der Waals surface area (Å²) in [5.41, 5.74) is 6.98. The van der Waals surface area contributed by atoms with Gasteiger partial charge in [0.05, 0.1) is 18.9 Å². The maximum atomic E-state index is 12.1. The molecular weight excluding hydrogens is 298 g/mol. The molecule has 1 fully saturated rings. The van der Waals surface area contributed by atoms with E-state index in [0.29, 0.717) is 30.9 Å². The van der Waals surface area contributed by atoms with E-state index >= 15 is 0 Å². The molecule has 0 saturated carbocycles. The van der Waals surface area contributed by atoms with Crippen molar-refractivity contribution in [1.82, 2.24) is 5.32 Å². The molecule has 126 valence electrons. The first kappa shape index (κ1) is 17.2. The highest BCUT2D eigenvalue weighted by atomic mass is 16.5. The molecule has 7 nitrogen and oxygen atoms in total. The molecule has 0 unspecified atom stereocenters. The highest BCUT2D eigenvalue weighted by Gasteiger charge is 2.29. The predicted octanol–water partition coefficient (Wildman–Crippen LogP) is 0.776. The van der Waals surface area contributed by atoms with Crippen molar-refractivity contribution >= 4 is 17.5 Å². The van der Waals surface area contributed by atoms with Gasteiger partial charge in [-0.1, -0.05) is 6.07 Å². The minimum atomic E-state index is -0.434. The number of methoxy groups -OCH3 is 1. The zero-order valence-electron chi connectivity index (χ0n) is 13.4. The van der Waals surface area contributed by atoms with Crippen LogP contribution in [0.15, 0.2) is 18.2 Å². The van der Waals surface area contributed by atoms with Crippen molar-refractivity contribution in [3.8, 4) is 5.75 Å². The fourth-order valence-electron chi connectivity index (χ4n) is 2.53. The fourth-order valence-corrected chi connectivity index (χ4v) is 2.53. The standard InChI is InChI=1S/C16H23N3O4/c1-10(20)19-13-7-11(3-5-14(13)22-2)9-18-16(21)15-6-4-12(8-17)23-15/h3,5,7,12,15H,4,6,8-9,17H2,1-2H3,(H,18,21)(H,19,20)/t12-,15+/m1/s1. The number of carbonyl (C=O) groups excluding carboxylic acids is 2. The van der Waals surface area contributed by atoms with E-state index in [2.05, 4.69) is 10.6 Å². The maximum absolute atomic E-state index is 12.1. The molecule has 1 aromatic carbocycles. The van der Waals surface area contributed by atoms with E-state index in [1.54, 1.807) is 12.1 Å².